The summed E-state index contributed by atoms with van der Waals surface area (Å²) in [5, 5.41) is 11.4. The highest BCUT2D eigenvalue weighted by Gasteiger charge is 2.47. The van der Waals surface area contributed by atoms with Crippen LogP contribution in [0.1, 0.15) is 30.5 Å². The summed E-state index contributed by atoms with van der Waals surface area (Å²) in [5.41, 5.74) is 3.72. The number of carbonyl (C=O) groups excluding carboxylic acids is 2. The van der Waals surface area contributed by atoms with Crippen molar-refractivity contribution in [2.24, 2.45) is 0 Å². The Morgan fingerprint density at radius 1 is 0.892 bits per heavy atom. The largest absolute Gasteiger partial charge is 0.507 e. The smallest absolute Gasteiger partial charge is 0.300 e. The average Bonchev–Trinajstić information content (AvgIpc) is 3.17. The molecule has 4 rings (SSSR count). The standard InChI is InChI=1S/C30H33N3O4/c1-6-18-37-25-9-7-8-21(19-25)28(34)26-27(20-10-12-22(13-11-20)31(2)3)33(30(36)29(26)35)24-16-14-23(15-17-24)32(4)5/h7-17,19,27,34H,6,18H2,1-5H3/b28-26-. The van der Waals surface area contributed by atoms with Gasteiger partial charge in [-0.05, 0) is 60.5 Å². The molecule has 1 N–H and O–H groups in total. The van der Waals surface area contributed by atoms with Crippen LogP contribution in [0.3, 0.4) is 0 Å². The number of hydrogen-bond acceptors (Lipinski definition) is 6. The molecular weight excluding hydrogens is 466 g/mol. The SMILES string of the molecule is CCCOc1cccc(/C(O)=C2/C(=O)C(=O)N(c3ccc(N(C)C)cc3)C2c2ccc(N(C)C)cc2)c1. The molecule has 192 valence electrons. The van der Waals surface area contributed by atoms with E-state index in [9.17, 15) is 14.7 Å². The molecule has 1 fully saturated rings. The second-order valence-electron chi connectivity index (χ2n) is 9.44. The fourth-order valence-corrected chi connectivity index (χ4v) is 4.39. The number of rotatable bonds is 8. The van der Waals surface area contributed by atoms with E-state index in [1.54, 1.807) is 24.3 Å². The van der Waals surface area contributed by atoms with Crippen molar-refractivity contribution in [1.82, 2.24) is 0 Å². The zero-order valence-corrected chi connectivity index (χ0v) is 21.9. The molecule has 1 atom stereocenters. The zero-order chi connectivity index (χ0) is 26.7. The number of hydrogen-bond donors (Lipinski definition) is 1. The van der Waals surface area contributed by atoms with E-state index in [-0.39, 0.29) is 11.3 Å². The number of Topliss-reactive ketones (excluding diaryl/α,β-unsaturated/α-hetero) is 1. The number of anilines is 3. The molecule has 1 saturated heterocycles. The number of ketones is 1. The normalized spacial score (nSPS) is 16.7. The Kier molecular flexibility index (Phi) is 7.53. The van der Waals surface area contributed by atoms with E-state index >= 15 is 0 Å². The highest BCUT2D eigenvalue weighted by atomic mass is 16.5. The first kappa shape index (κ1) is 25.8. The molecule has 0 radical (unpaired) electrons. The van der Waals surface area contributed by atoms with Gasteiger partial charge in [-0.15, -0.1) is 0 Å². The van der Waals surface area contributed by atoms with Crippen LogP contribution in [0.25, 0.3) is 5.76 Å². The number of amides is 1. The van der Waals surface area contributed by atoms with Gasteiger partial charge in [0.1, 0.15) is 11.5 Å². The van der Waals surface area contributed by atoms with Crippen molar-refractivity contribution in [3.05, 3.63) is 89.5 Å². The third kappa shape index (κ3) is 5.16. The van der Waals surface area contributed by atoms with E-state index < -0.39 is 17.7 Å². The highest BCUT2D eigenvalue weighted by Crippen LogP contribution is 2.43. The number of benzene rings is 3. The Morgan fingerprint density at radius 3 is 2.05 bits per heavy atom. The van der Waals surface area contributed by atoms with E-state index in [0.29, 0.717) is 23.6 Å². The molecule has 0 aromatic heterocycles. The minimum Gasteiger partial charge on any atom is -0.507 e. The molecule has 1 aliphatic heterocycles. The molecule has 3 aromatic carbocycles. The summed E-state index contributed by atoms with van der Waals surface area (Å²) in [7, 11) is 7.76. The quantitative estimate of drug-likeness (QED) is 0.260. The van der Waals surface area contributed by atoms with Gasteiger partial charge in [-0.1, -0.05) is 31.2 Å². The van der Waals surface area contributed by atoms with Crippen LogP contribution >= 0.6 is 0 Å². The van der Waals surface area contributed by atoms with Crippen LogP contribution in [0.2, 0.25) is 0 Å². The molecule has 0 saturated carbocycles. The Bertz CT molecular complexity index is 1310. The topological polar surface area (TPSA) is 73.3 Å². The Hall–Kier alpha value is -4.26. The zero-order valence-electron chi connectivity index (χ0n) is 21.9. The summed E-state index contributed by atoms with van der Waals surface area (Å²) in [4.78, 5) is 32.3. The molecule has 1 heterocycles. The van der Waals surface area contributed by atoms with E-state index in [2.05, 4.69) is 0 Å². The van der Waals surface area contributed by atoms with E-state index in [0.717, 1.165) is 23.4 Å². The van der Waals surface area contributed by atoms with Crippen LogP contribution < -0.4 is 19.4 Å². The van der Waals surface area contributed by atoms with Crippen LogP contribution in [-0.2, 0) is 9.59 Å². The van der Waals surface area contributed by atoms with Crippen LogP contribution in [0.15, 0.2) is 78.4 Å². The minimum absolute atomic E-state index is 0.0481. The van der Waals surface area contributed by atoms with E-state index in [4.69, 9.17) is 4.74 Å². The summed E-state index contributed by atoms with van der Waals surface area (Å²) < 4.78 is 5.72. The number of aliphatic hydroxyl groups is 1. The van der Waals surface area contributed by atoms with Crippen LogP contribution in [0.4, 0.5) is 17.1 Å². The first-order valence-corrected chi connectivity index (χ1v) is 12.3. The minimum atomic E-state index is -0.790. The maximum Gasteiger partial charge on any atom is 0.300 e. The van der Waals surface area contributed by atoms with Crippen LogP contribution in [0, 0.1) is 0 Å². The lowest BCUT2D eigenvalue weighted by Gasteiger charge is -2.26. The fourth-order valence-electron chi connectivity index (χ4n) is 4.39. The predicted octanol–water partition coefficient (Wildman–Crippen LogP) is 5.23. The van der Waals surface area contributed by atoms with Crippen molar-refractivity contribution < 1.29 is 19.4 Å². The van der Waals surface area contributed by atoms with E-state index in [1.807, 2.05) is 93.4 Å². The van der Waals surface area contributed by atoms with Gasteiger partial charge in [0, 0.05) is 50.8 Å². The maximum atomic E-state index is 13.4. The predicted molar refractivity (Wildman–Crippen MR) is 149 cm³/mol. The lowest BCUT2D eigenvalue weighted by atomic mass is 9.94. The first-order chi connectivity index (χ1) is 17.7. The number of ether oxygens (including phenoxy) is 1. The molecule has 37 heavy (non-hydrogen) atoms. The molecular formula is C30H33N3O4. The van der Waals surface area contributed by atoms with Crippen molar-refractivity contribution in [3.63, 3.8) is 0 Å². The molecule has 1 amide bonds. The lowest BCUT2D eigenvalue weighted by Crippen LogP contribution is -2.29. The third-order valence-electron chi connectivity index (χ3n) is 6.39. The van der Waals surface area contributed by atoms with Gasteiger partial charge in [0.15, 0.2) is 0 Å². The Morgan fingerprint density at radius 2 is 1.49 bits per heavy atom. The fraction of sp³-hybridized carbons (Fsp3) is 0.267. The van der Waals surface area contributed by atoms with Crippen LogP contribution in [-0.4, -0.2) is 51.6 Å². The molecule has 1 unspecified atom stereocenters. The average molecular weight is 500 g/mol. The molecule has 3 aromatic rings. The Balaban J connectivity index is 1.87. The van der Waals surface area contributed by atoms with Gasteiger partial charge in [-0.3, -0.25) is 14.5 Å². The van der Waals surface area contributed by atoms with Crippen molar-refractivity contribution in [2.75, 3.05) is 49.5 Å². The van der Waals surface area contributed by atoms with Gasteiger partial charge in [0.05, 0.1) is 18.2 Å². The molecule has 0 spiro atoms. The third-order valence-corrected chi connectivity index (χ3v) is 6.39. The number of carbonyl (C=O) groups is 2. The van der Waals surface area contributed by atoms with Gasteiger partial charge in [0.25, 0.3) is 11.7 Å². The lowest BCUT2D eigenvalue weighted by molar-refractivity contribution is -0.132. The summed E-state index contributed by atoms with van der Waals surface area (Å²) in [6, 6.07) is 21.3. The molecule has 0 aliphatic carbocycles. The van der Waals surface area contributed by atoms with Gasteiger partial charge in [0.2, 0.25) is 0 Å². The number of aliphatic hydroxyl groups excluding tert-OH is 1. The summed E-state index contributed by atoms with van der Waals surface area (Å²) >= 11 is 0. The number of nitrogens with zero attached hydrogens (tertiary/aromatic N) is 3. The van der Waals surface area contributed by atoms with Gasteiger partial charge in [-0.25, -0.2) is 0 Å². The first-order valence-electron chi connectivity index (χ1n) is 12.3. The van der Waals surface area contributed by atoms with E-state index in [1.165, 1.54) is 4.90 Å². The molecule has 7 heteroatoms. The van der Waals surface area contributed by atoms with Crippen molar-refractivity contribution in [3.8, 4) is 5.75 Å². The van der Waals surface area contributed by atoms with Gasteiger partial charge in [-0.2, -0.15) is 0 Å². The van der Waals surface area contributed by atoms with Crippen molar-refractivity contribution >= 4 is 34.5 Å². The monoisotopic (exact) mass is 499 g/mol. The van der Waals surface area contributed by atoms with Crippen molar-refractivity contribution in [1.29, 1.82) is 0 Å². The van der Waals surface area contributed by atoms with Crippen LogP contribution in [0.5, 0.6) is 5.75 Å². The highest BCUT2D eigenvalue weighted by molar-refractivity contribution is 6.51. The molecule has 0 bridgehead atoms. The van der Waals surface area contributed by atoms with Gasteiger partial charge >= 0.3 is 0 Å². The maximum absolute atomic E-state index is 13.4. The summed E-state index contributed by atoms with van der Waals surface area (Å²) in [6.45, 7) is 2.55. The van der Waals surface area contributed by atoms with Crippen molar-refractivity contribution in [2.45, 2.75) is 19.4 Å². The Labute approximate surface area is 218 Å². The summed E-state index contributed by atoms with van der Waals surface area (Å²) in [5.74, 6) is -1.05. The second kappa shape index (κ2) is 10.8. The molecule has 1 aliphatic rings. The van der Waals surface area contributed by atoms with Gasteiger partial charge < -0.3 is 19.6 Å². The summed E-state index contributed by atoms with van der Waals surface area (Å²) in [6.07, 6.45) is 0.844. The molecule has 7 nitrogen and oxygen atoms in total. The second-order valence-corrected chi connectivity index (χ2v) is 9.44.